The highest BCUT2D eigenvalue weighted by Gasteiger charge is 2.07. The molecule has 1 amide bonds. The minimum atomic E-state index is -0.115. The second-order valence-corrected chi connectivity index (χ2v) is 8.02. The zero-order valence-electron chi connectivity index (χ0n) is 15.7. The van der Waals surface area contributed by atoms with E-state index in [4.69, 9.17) is 11.6 Å². The van der Waals surface area contributed by atoms with Gasteiger partial charge in [-0.25, -0.2) is 0 Å². The van der Waals surface area contributed by atoms with E-state index < -0.39 is 0 Å². The molecule has 0 fully saturated rings. The molecule has 3 aromatic carbocycles. The minimum Gasteiger partial charge on any atom is -0.325 e. The number of rotatable bonds is 5. The fourth-order valence-electron chi connectivity index (χ4n) is 2.91. The molecule has 0 atom stereocenters. The number of hydrogen-bond acceptors (Lipinski definition) is 4. The molecule has 4 aromatic rings. The second-order valence-electron chi connectivity index (χ2n) is 6.62. The summed E-state index contributed by atoms with van der Waals surface area (Å²) in [5.41, 5.74) is 3.48. The van der Waals surface area contributed by atoms with Crippen molar-refractivity contribution in [3.8, 4) is 11.3 Å². The van der Waals surface area contributed by atoms with Gasteiger partial charge in [-0.1, -0.05) is 65.8 Å². The number of fused-ring (bicyclic) bond motifs is 1. The van der Waals surface area contributed by atoms with Gasteiger partial charge in [-0.05, 0) is 53.6 Å². The van der Waals surface area contributed by atoms with Crippen LogP contribution in [0.15, 0.2) is 77.8 Å². The first-order valence-corrected chi connectivity index (χ1v) is 10.5. The summed E-state index contributed by atoms with van der Waals surface area (Å²) >= 11 is 7.44. The number of aryl methyl sites for hydroxylation is 1. The van der Waals surface area contributed by atoms with Crippen LogP contribution < -0.4 is 5.32 Å². The number of anilines is 1. The number of amides is 1. The van der Waals surface area contributed by atoms with E-state index in [9.17, 15) is 4.79 Å². The number of aromatic nitrogens is 2. The van der Waals surface area contributed by atoms with Gasteiger partial charge in [0.15, 0.2) is 0 Å². The fourth-order valence-corrected chi connectivity index (χ4v) is 3.70. The Morgan fingerprint density at radius 1 is 0.966 bits per heavy atom. The molecule has 1 heterocycles. The van der Waals surface area contributed by atoms with Crippen molar-refractivity contribution in [3.05, 3.63) is 83.4 Å². The Morgan fingerprint density at radius 3 is 2.55 bits per heavy atom. The summed E-state index contributed by atoms with van der Waals surface area (Å²) in [5.74, 6) is 0.130. The molecule has 0 unspecified atom stereocenters. The number of halogens is 1. The van der Waals surface area contributed by atoms with Crippen molar-refractivity contribution in [2.45, 2.75) is 11.9 Å². The van der Waals surface area contributed by atoms with E-state index in [2.05, 4.69) is 39.8 Å². The van der Waals surface area contributed by atoms with Crippen molar-refractivity contribution in [2.24, 2.45) is 0 Å². The molecular weight excluding hydrogens is 402 g/mol. The summed E-state index contributed by atoms with van der Waals surface area (Å²) in [6.07, 6.45) is 0. The highest BCUT2D eigenvalue weighted by atomic mass is 35.5. The number of thioether (sulfide) groups is 1. The average Bonchev–Trinajstić information content (AvgIpc) is 2.75. The van der Waals surface area contributed by atoms with E-state index in [1.165, 1.54) is 17.1 Å². The quantitative estimate of drug-likeness (QED) is 0.404. The summed E-state index contributed by atoms with van der Waals surface area (Å²) < 4.78 is 0. The Morgan fingerprint density at radius 2 is 1.79 bits per heavy atom. The molecule has 0 spiro atoms. The number of carbonyl (C=O) groups excluding carboxylic acids is 1. The van der Waals surface area contributed by atoms with Crippen molar-refractivity contribution < 1.29 is 4.79 Å². The summed E-state index contributed by atoms with van der Waals surface area (Å²) in [5, 5.41) is 15.1. The lowest BCUT2D eigenvalue weighted by atomic mass is 10.1. The smallest absolute Gasteiger partial charge is 0.234 e. The van der Waals surface area contributed by atoms with Crippen molar-refractivity contribution in [3.63, 3.8) is 0 Å². The van der Waals surface area contributed by atoms with E-state index in [1.54, 1.807) is 6.07 Å². The molecule has 0 aliphatic heterocycles. The normalized spacial score (nSPS) is 10.8. The Labute approximate surface area is 178 Å². The maximum absolute atomic E-state index is 12.2. The number of hydrogen-bond donors (Lipinski definition) is 1. The summed E-state index contributed by atoms with van der Waals surface area (Å²) in [6, 6.07) is 23.7. The molecule has 4 nitrogen and oxygen atoms in total. The van der Waals surface area contributed by atoms with Crippen LogP contribution in [0.25, 0.3) is 22.0 Å². The molecule has 0 radical (unpaired) electrons. The number of benzene rings is 3. The van der Waals surface area contributed by atoms with Crippen LogP contribution in [0.1, 0.15) is 5.56 Å². The van der Waals surface area contributed by atoms with Gasteiger partial charge in [0.2, 0.25) is 5.91 Å². The molecule has 144 valence electrons. The zero-order chi connectivity index (χ0) is 20.2. The van der Waals surface area contributed by atoms with Crippen molar-refractivity contribution in [1.82, 2.24) is 10.2 Å². The fraction of sp³-hybridized carbons (Fsp3) is 0.0870. The van der Waals surface area contributed by atoms with Crippen LogP contribution in [0.4, 0.5) is 5.69 Å². The largest absolute Gasteiger partial charge is 0.325 e. The molecule has 0 saturated carbocycles. The van der Waals surface area contributed by atoms with Gasteiger partial charge in [0.1, 0.15) is 5.03 Å². The van der Waals surface area contributed by atoms with E-state index in [-0.39, 0.29) is 11.7 Å². The Hall–Kier alpha value is -2.89. The summed E-state index contributed by atoms with van der Waals surface area (Å²) in [7, 11) is 0. The van der Waals surface area contributed by atoms with Crippen LogP contribution in [-0.4, -0.2) is 21.9 Å². The first-order valence-electron chi connectivity index (χ1n) is 9.10. The van der Waals surface area contributed by atoms with E-state index >= 15 is 0 Å². The van der Waals surface area contributed by atoms with E-state index in [0.717, 1.165) is 22.2 Å². The van der Waals surface area contributed by atoms with Crippen LogP contribution in [0.2, 0.25) is 5.02 Å². The molecule has 0 aliphatic rings. The van der Waals surface area contributed by atoms with Crippen LogP contribution in [0.3, 0.4) is 0 Å². The Balaban J connectivity index is 1.38. The Kier molecular flexibility index (Phi) is 5.79. The third-order valence-electron chi connectivity index (χ3n) is 4.49. The van der Waals surface area contributed by atoms with Crippen LogP contribution in [0.5, 0.6) is 0 Å². The topological polar surface area (TPSA) is 54.9 Å². The van der Waals surface area contributed by atoms with Gasteiger partial charge < -0.3 is 5.32 Å². The van der Waals surface area contributed by atoms with Crippen molar-refractivity contribution in [2.75, 3.05) is 11.1 Å². The SMILES string of the molecule is Cc1ccc(NC(=O)CSc2ccc(-c3ccc4ccccc4c3)nn2)cc1Cl. The Bertz CT molecular complexity index is 1180. The molecule has 0 saturated heterocycles. The third-order valence-corrected chi connectivity index (χ3v) is 5.82. The molecule has 0 aliphatic carbocycles. The highest BCUT2D eigenvalue weighted by molar-refractivity contribution is 7.99. The molecule has 4 rings (SSSR count). The number of nitrogens with one attached hydrogen (secondary N) is 1. The zero-order valence-corrected chi connectivity index (χ0v) is 17.3. The lowest BCUT2D eigenvalue weighted by Crippen LogP contribution is -2.14. The standard InChI is InChI=1S/C23H18ClN3OS/c1-15-6-9-19(13-20(15)24)25-22(28)14-29-23-11-10-21(26-27-23)18-8-7-16-4-2-3-5-17(16)12-18/h2-13H,14H2,1H3,(H,25,28). The maximum atomic E-state index is 12.2. The van der Waals surface area contributed by atoms with Crippen LogP contribution >= 0.6 is 23.4 Å². The monoisotopic (exact) mass is 419 g/mol. The lowest BCUT2D eigenvalue weighted by Gasteiger charge is -2.07. The minimum absolute atomic E-state index is 0.115. The molecule has 1 N–H and O–H groups in total. The predicted octanol–water partition coefficient (Wildman–Crippen LogP) is 5.99. The molecule has 0 bridgehead atoms. The van der Waals surface area contributed by atoms with Gasteiger partial charge >= 0.3 is 0 Å². The third kappa shape index (κ3) is 4.75. The lowest BCUT2D eigenvalue weighted by molar-refractivity contribution is -0.113. The van der Waals surface area contributed by atoms with E-state index in [1.807, 2.05) is 49.4 Å². The van der Waals surface area contributed by atoms with Crippen molar-refractivity contribution in [1.29, 1.82) is 0 Å². The van der Waals surface area contributed by atoms with Gasteiger partial charge in [0.25, 0.3) is 0 Å². The molecule has 6 heteroatoms. The van der Waals surface area contributed by atoms with Gasteiger partial charge in [-0.15, -0.1) is 10.2 Å². The molecular formula is C23H18ClN3OS. The molecule has 1 aromatic heterocycles. The van der Waals surface area contributed by atoms with Gasteiger partial charge in [-0.2, -0.15) is 0 Å². The molecule has 29 heavy (non-hydrogen) atoms. The summed E-state index contributed by atoms with van der Waals surface area (Å²) in [6.45, 7) is 1.92. The maximum Gasteiger partial charge on any atom is 0.234 e. The second kappa shape index (κ2) is 8.64. The van der Waals surface area contributed by atoms with Gasteiger partial charge in [-0.3, -0.25) is 4.79 Å². The summed E-state index contributed by atoms with van der Waals surface area (Å²) in [4.78, 5) is 12.2. The first-order chi connectivity index (χ1) is 14.1. The highest BCUT2D eigenvalue weighted by Crippen LogP contribution is 2.24. The van der Waals surface area contributed by atoms with Crippen molar-refractivity contribution >= 4 is 45.7 Å². The van der Waals surface area contributed by atoms with E-state index in [0.29, 0.717) is 15.7 Å². The predicted molar refractivity (Wildman–Crippen MR) is 121 cm³/mol. The van der Waals surface area contributed by atoms with Gasteiger partial charge in [0, 0.05) is 16.3 Å². The number of nitrogens with zero attached hydrogens (tertiary/aromatic N) is 2. The first kappa shape index (κ1) is 19.4. The average molecular weight is 420 g/mol. The number of carbonyl (C=O) groups is 1. The van der Waals surface area contributed by atoms with Crippen LogP contribution in [0, 0.1) is 6.92 Å². The van der Waals surface area contributed by atoms with Gasteiger partial charge in [0.05, 0.1) is 11.4 Å². The van der Waals surface area contributed by atoms with Crippen LogP contribution in [-0.2, 0) is 4.79 Å².